The summed E-state index contributed by atoms with van der Waals surface area (Å²) in [4.78, 5) is 0. The summed E-state index contributed by atoms with van der Waals surface area (Å²) in [6, 6.07) is 0.273. The molecule has 0 radical (unpaired) electrons. The van der Waals surface area contributed by atoms with E-state index in [1.165, 1.54) is 0 Å². The summed E-state index contributed by atoms with van der Waals surface area (Å²) in [6.45, 7) is 7.19. The number of rotatable bonds is 7. The molecule has 0 aromatic carbocycles. The molecule has 1 atom stereocenters. The smallest absolute Gasteiger partial charge is 0.00629 e. The standard InChI is InChI=1S/C9H23N3/c1-8(2)7-12-6-4-9(11)3-5-10/h8-9,12H,3-7,10-11H2,1-2H3. The first kappa shape index (κ1) is 11.9. The lowest BCUT2D eigenvalue weighted by molar-refractivity contribution is 0.501. The van der Waals surface area contributed by atoms with Crippen molar-refractivity contribution in [3.05, 3.63) is 0 Å². The van der Waals surface area contributed by atoms with Gasteiger partial charge in [-0.1, -0.05) is 13.8 Å². The molecule has 0 saturated heterocycles. The second-order valence-electron chi connectivity index (χ2n) is 3.72. The fourth-order valence-corrected chi connectivity index (χ4v) is 1.04. The molecule has 1 unspecified atom stereocenters. The average Bonchev–Trinajstić information content (AvgIpc) is 1.98. The summed E-state index contributed by atoms with van der Waals surface area (Å²) in [6.07, 6.45) is 1.97. The second-order valence-corrected chi connectivity index (χ2v) is 3.72. The first-order chi connectivity index (χ1) is 5.66. The molecule has 3 heteroatoms. The van der Waals surface area contributed by atoms with E-state index < -0.39 is 0 Å². The third kappa shape index (κ3) is 7.98. The Labute approximate surface area is 75.9 Å². The Balaban J connectivity index is 3.08. The molecule has 12 heavy (non-hydrogen) atoms. The number of hydrogen-bond acceptors (Lipinski definition) is 3. The van der Waals surface area contributed by atoms with E-state index in [2.05, 4.69) is 19.2 Å². The molecule has 0 aliphatic carbocycles. The van der Waals surface area contributed by atoms with Crippen molar-refractivity contribution in [1.29, 1.82) is 0 Å². The van der Waals surface area contributed by atoms with E-state index in [-0.39, 0.29) is 6.04 Å². The van der Waals surface area contributed by atoms with Gasteiger partial charge in [-0.15, -0.1) is 0 Å². The average molecular weight is 173 g/mol. The first-order valence-corrected chi connectivity index (χ1v) is 4.83. The van der Waals surface area contributed by atoms with Crippen molar-refractivity contribution in [1.82, 2.24) is 5.32 Å². The van der Waals surface area contributed by atoms with Crippen molar-refractivity contribution in [2.45, 2.75) is 32.7 Å². The van der Waals surface area contributed by atoms with Crippen LogP contribution >= 0.6 is 0 Å². The fraction of sp³-hybridized carbons (Fsp3) is 1.00. The van der Waals surface area contributed by atoms with Gasteiger partial charge in [-0.05, 0) is 38.4 Å². The van der Waals surface area contributed by atoms with Gasteiger partial charge < -0.3 is 16.8 Å². The van der Waals surface area contributed by atoms with Crippen molar-refractivity contribution in [3.8, 4) is 0 Å². The first-order valence-electron chi connectivity index (χ1n) is 4.83. The number of hydrogen-bond donors (Lipinski definition) is 3. The highest BCUT2D eigenvalue weighted by Crippen LogP contribution is 1.92. The van der Waals surface area contributed by atoms with Crippen LogP contribution in [-0.4, -0.2) is 25.7 Å². The molecule has 0 aromatic heterocycles. The predicted molar refractivity (Wildman–Crippen MR) is 54.0 cm³/mol. The fourth-order valence-electron chi connectivity index (χ4n) is 1.04. The van der Waals surface area contributed by atoms with Crippen LogP contribution in [0.5, 0.6) is 0 Å². The van der Waals surface area contributed by atoms with Gasteiger partial charge in [0.15, 0.2) is 0 Å². The van der Waals surface area contributed by atoms with Gasteiger partial charge in [-0.25, -0.2) is 0 Å². The molecule has 3 nitrogen and oxygen atoms in total. The van der Waals surface area contributed by atoms with Crippen LogP contribution in [0.4, 0.5) is 0 Å². The summed E-state index contributed by atoms with van der Waals surface area (Å²) >= 11 is 0. The molecule has 0 amide bonds. The van der Waals surface area contributed by atoms with Gasteiger partial charge in [-0.3, -0.25) is 0 Å². The second kappa shape index (κ2) is 7.53. The third-order valence-electron chi connectivity index (χ3n) is 1.78. The van der Waals surface area contributed by atoms with Crippen LogP contribution in [0.3, 0.4) is 0 Å². The van der Waals surface area contributed by atoms with E-state index >= 15 is 0 Å². The van der Waals surface area contributed by atoms with E-state index in [0.717, 1.165) is 31.8 Å². The molecule has 0 aromatic rings. The minimum absolute atomic E-state index is 0.273. The van der Waals surface area contributed by atoms with Crippen LogP contribution in [0.25, 0.3) is 0 Å². The topological polar surface area (TPSA) is 64.1 Å². The van der Waals surface area contributed by atoms with Crippen molar-refractivity contribution in [2.24, 2.45) is 17.4 Å². The van der Waals surface area contributed by atoms with Gasteiger partial charge in [-0.2, -0.15) is 0 Å². The van der Waals surface area contributed by atoms with Gasteiger partial charge in [0.1, 0.15) is 0 Å². The minimum atomic E-state index is 0.273. The van der Waals surface area contributed by atoms with Crippen LogP contribution in [0.15, 0.2) is 0 Å². The Morgan fingerprint density at radius 3 is 2.42 bits per heavy atom. The van der Waals surface area contributed by atoms with Crippen molar-refractivity contribution < 1.29 is 0 Å². The molecular formula is C9H23N3. The van der Waals surface area contributed by atoms with Crippen LogP contribution in [-0.2, 0) is 0 Å². The molecule has 0 rings (SSSR count). The molecule has 0 saturated carbocycles. The maximum Gasteiger partial charge on any atom is 0.00629 e. The van der Waals surface area contributed by atoms with Crippen molar-refractivity contribution >= 4 is 0 Å². The molecule has 0 spiro atoms. The zero-order chi connectivity index (χ0) is 9.40. The highest BCUT2D eigenvalue weighted by molar-refractivity contribution is 4.63. The molecule has 0 aliphatic rings. The summed E-state index contributed by atoms with van der Waals surface area (Å²) in [5.74, 6) is 0.718. The van der Waals surface area contributed by atoms with Crippen molar-refractivity contribution in [3.63, 3.8) is 0 Å². The van der Waals surface area contributed by atoms with E-state index in [0.29, 0.717) is 6.54 Å². The van der Waals surface area contributed by atoms with Crippen LogP contribution < -0.4 is 16.8 Å². The predicted octanol–water partition coefficient (Wildman–Crippen LogP) is 0.298. The Hall–Kier alpha value is -0.120. The lowest BCUT2D eigenvalue weighted by Gasteiger charge is -2.11. The van der Waals surface area contributed by atoms with Gasteiger partial charge in [0, 0.05) is 6.04 Å². The molecule has 0 heterocycles. The van der Waals surface area contributed by atoms with Gasteiger partial charge in [0.2, 0.25) is 0 Å². The monoisotopic (exact) mass is 173 g/mol. The quantitative estimate of drug-likeness (QED) is 0.485. The Bertz CT molecular complexity index is 93.8. The number of nitrogens with one attached hydrogen (secondary N) is 1. The summed E-state index contributed by atoms with van der Waals surface area (Å²) < 4.78 is 0. The van der Waals surface area contributed by atoms with Gasteiger partial charge in [0.25, 0.3) is 0 Å². The molecule has 0 bridgehead atoms. The number of nitrogens with two attached hydrogens (primary N) is 2. The van der Waals surface area contributed by atoms with Gasteiger partial charge in [0.05, 0.1) is 0 Å². The zero-order valence-corrected chi connectivity index (χ0v) is 8.34. The maximum atomic E-state index is 5.78. The van der Waals surface area contributed by atoms with Crippen molar-refractivity contribution in [2.75, 3.05) is 19.6 Å². The molecule has 0 fully saturated rings. The van der Waals surface area contributed by atoms with Crippen LogP contribution in [0.1, 0.15) is 26.7 Å². The summed E-state index contributed by atoms with van der Waals surface area (Å²) in [7, 11) is 0. The van der Waals surface area contributed by atoms with Crippen LogP contribution in [0.2, 0.25) is 0 Å². The Morgan fingerprint density at radius 1 is 1.25 bits per heavy atom. The normalized spacial score (nSPS) is 13.8. The largest absolute Gasteiger partial charge is 0.330 e. The maximum absolute atomic E-state index is 5.78. The molecule has 0 aliphatic heterocycles. The third-order valence-corrected chi connectivity index (χ3v) is 1.78. The zero-order valence-electron chi connectivity index (χ0n) is 8.34. The van der Waals surface area contributed by atoms with E-state index in [1.54, 1.807) is 0 Å². The molecule has 74 valence electrons. The lowest BCUT2D eigenvalue weighted by Crippen LogP contribution is -2.30. The SMILES string of the molecule is CC(C)CNCCC(N)CCN. The van der Waals surface area contributed by atoms with E-state index in [4.69, 9.17) is 11.5 Å². The molecule has 5 N–H and O–H groups in total. The van der Waals surface area contributed by atoms with E-state index in [1.807, 2.05) is 0 Å². The highest BCUT2D eigenvalue weighted by Gasteiger charge is 2.00. The minimum Gasteiger partial charge on any atom is -0.330 e. The molecular weight excluding hydrogens is 150 g/mol. The lowest BCUT2D eigenvalue weighted by atomic mass is 10.1. The summed E-state index contributed by atoms with van der Waals surface area (Å²) in [5.41, 5.74) is 11.2. The Morgan fingerprint density at radius 2 is 1.92 bits per heavy atom. The highest BCUT2D eigenvalue weighted by atomic mass is 14.9. The Kier molecular flexibility index (Phi) is 7.45. The van der Waals surface area contributed by atoms with Crippen LogP contribution in [0, 0.1) is 5.92 Å². The van der Waals surface area contributed by atoms with E-state index in [9.17, 15) is 0 Å². The van der Waals surface area contributed by atoms with Gasteiger partial charge >= 0.3 is 0 Å². The summed E-state index contributed by atoms with van der Waals surface area (Å²) in [5, 5.41) is 3.35.